The smallest absolute Gasteiger partial charge is 0.315 e. The van der Waals surface area contributed by atoms with Gasteiger partial charge in [0.05, 0.1) is 0 Å². The Balaban J connectivity index is 2.10. The number of hydrogen-bond donors (Lipinski definition) is 2. The van der Waals surface area contributed by atoms with Crippen molar-refractivity contribution in [1.82, 2.24) is 10.6 Å². The maximum Gasteiger partial charge on any atom is 0.315 e. The van der Waals surface area contributed by atoms with Gasteiger partial charge in [0.2, 0.25) is 0 Å². The van der Waals surface area contributed by atoms with Gasteiger partial charge in [0.15, 0.2) is 5.78 Å². The summed E-state index contributed by atoms with van der Waals surface area (Å²) in [6, 6.07) is 9.43. The molecule has 120 valence electrons. The van der Waals surface area contributed by atoms with Gasteiger partial charge in [0.25, 0.3) is 0 Å². The fourth-order valence-electron chi connectivity index (χ4n) is 2.01. The first-order valence-electron chi connectivity index (χ1n) is 7.97. The van der Waals surface area contributed by atoms with Crippen molar-refractivity contribution < 1.29 is 9.59 Å². The molecule has 0 atom stereocenters. The molecule has 4 nitrogen and oxygen atoms in total. The van der Waals surface area contributed by atoms with Gasteiger partial charge < -0.3 is 10.6 Å². The lowest BCUT2D eigenvalue weighted by Crippen LogP contribution is -2.36. The molecule has 4 heteroatoms. The number of amides is 2. The lowest BCUT2D eigenvalue weighted by atomic mass is 10.1. The summed E-state index contributed by atoms with van der Waals surface area (Å²) in [6.45, 7) is 3.22. The standard InChI is InChI=1S/C18H26N2O2/c1-2-3-4-8-13-19-18(22)20-14-9-12-17(21)15-16-10-6-5-7-11-16/h5-7,9-12H,2-4,8,13-15H2,1H3,(H2,19,20,22)/b12-9-. The second kappa shape index (κ2) is 11.5. The highest BCUT2D eigenvalue weighted by atomic mass is 16.2. The van der Waals surface area contributed by atoms with Gasteiger partial charge in [-0.3, -0.25) is 4.79 Å². The first-order valence-corrected chi connectivity index (χ1v) is 7.97. The molecule has 2 N–H and O–H groups in total. The first-order chi connectivity index (χ1) is 10.7. The lowest BCUT2D eigenvalue weighted by Gasteiger charge is -2.05. The third kappa shape index (κ3) is 8.95. The van der Waals surface area contributed by atoms with Gasteiger partial charge in [0, 0.05) is 19.5 Å². The van der Waals surface area contributed by atoms with Crippen LogP contribution in [0.5, 0.6) is 0 Å². The van der Waals surface area contributed by atoms with E-state index in [9.17, 15) is 9.59 Å². The number of nitrogens with one attached hydrogen (secondary N) is 2. The van der Waals surface area contributed by atoms with Gasteiger partial charge >= 0.3 is 6.03 Å². The second-order valence-corrected chi connectivity index (χ2v) is 5.23. The van der Waals surface area contributed by atoms with Gasteiger partial charge in [-0.15, -0.1) is 0 Å². The Labute approximate surface area is 133 Å². The Morgan fingerprint density at radius 1 is 1.05 bits per heavy atom. The number of ketones is 1. The summed E-state index contributed by atoms with van der Waals surface area (Å²) in [6.07, 6.45) is 8.14. The fourth-order valence-corrected chi connectivity index (χ4v) is 2.01. The highest BCUT2D eigenvalue weighted by Crippen LogP contribution is 2.00. The van der Waals surface area contributed by atoms with Crippen LogP contribution >= 0.6 is 0 Å². The van der Waals surface area contributed by atoms with Crippen molar-refractivity contribution >= 4 is 11.8 Å². The molecule has 0 aliphatic carbocycles. The summed E-state index contributed by atoms with van der Waals surface area (Å²) in [5.41, 5.74) is 0.995. The topological polar surface area (TPSA) is 58.2 Å². The number of hydrogen-bond acceptors (Lipinski definition) is 2. The van der Waals surface area contributed by atoms with E-state index >= 15 is 0 Å². The summed E-state index contributed by atoms with van der Waals surface area (Å²) in [7, 11) is 0. The Morgan fingerprint density at radius 3 is 2.55 bits per heavy atom. The molecule has 0 radical (unpaired) electrons. The van der Waals surface area contributed by atoms with Crippen molar-refractivity contribution in [3.05, 3.63) is 48.0 Å². The quantitative estimate of drug-likeness (QED) is 0.515. The van der Waals surface area contributed by atoms with Crippen LogP contribution in [0.15, 0.2) is 42.5 Å². The minimum absolute atomic E-state index is 0.0352. The van der Waals surface area contributed by atoms with E-state index in [2.05, 4.69) is 17.6 Å². The number of benzene rings is 1. The van der Waals surface area contributed by atoms with E-state index in [1.165, 1.54) is 18.9 Å². The molecular formula is C18H26N2O2. The third-order valence-electron chi connectivity index (χ3n) is 3.22. The monoisotopic (exact) mass is 302 g/mol. The van der Waals surface area contributed by atoms with Crippen LogP contribution in [0.25, 0.3) is 0 Å². The van der Waals surface area contributed by atoms with Crippen LogP contribution in [0.3, 0.4) is 0 Å². The molecule has 1 rings (SSSR count). The van der Waals surface area contributed by atoms with Crippen molar-refractivity contribution in [2.24, 2.45) is 0 Å². The van der Waals surface area contributed by atoms with E-state index in [1.807, 2.05) is 30.3 Å². The maximum atomic E-state index is 11.7. The van der Waals surface area contributed by atoms with Crippen molar-refractivity contribution in [2.75, 3.05) is 13.1 Å². The number of allylic oxidation sites excluding steroid dienone is 1. The lowest BCUT2D eigenvalue weighted by molar-refractivity contribution is -0.114. The highest BCUT2D eigenvalue weighted by Gasteiger charge is 1.99. The van der Waals surface area contributed by atoms with Gasteiger partial charge in [-0.05, 0) is 18.1 Å². The van der Waals surface area contributed by atoms with Crippen LogP contribution in [-0.4, -0.2) is 24.9 Å². The average molecular weight is 302 g/mol. The number of carbonyl (C=O) groups is 2. The molecule has 0 aromatic heterocycles. The molecule has 0 saturated carbocycles. The molecular weight excluding hydrogens is 276 g/mol. The van der Waals surface area contributed by atoms with Crippen LogP contribution in [0, 0.1) is 0 Å². The Bertz CT molecular complexity index is 469. The van der Waals surface area contributed by atoms with E-state index in [0.717, 1.165) is 18.4 Å². The molecule has 0 fully saturated rings. The van der Waals surface area contributed by atoms with E-state index < -0.39 is 0 Å². The summed E-state index contributed by atoms with van der Waals surface area (Å²) >= 11 is 0. The first kappa shape index (κ1) is 18.0. The van der Waals surface area contributed by atoms with Crippen LogP contribution in [0.1, 0.15) is 38.2 Å². The number of carbonyl (C=O) groups excluding carboxylic acids is 2. The van der Waals surface area contributed by atoms with Crippen molar-refractivity contribution in [3.63, 3.8) is 0 Å². The normalized spacial score (nSPS) is 10.6. The summed E-state index contributed by atoms with van der Waals surface area (Å²) in [4.78, 5) is 23.2. The van der Waals surface area contributed by atoms with Crippen LogP contribution in [0.2, 0.25) is 0 Å². The molecule has 0 spiro atoms. The van der Waals surface area contributed by atoms with Gasteiger partial charge in [0.1, 0.15) is 0 Å². The molecule has 0 aliphatic heterocycles. The van der Waals surface area contributed by atoms with Gasteiger partial charge in [-0.1, -0.05) is 62.6 Å². The van der Waals surface area contributed by atoms with E-state index in [0.29, 0.717) is 19.5 Å². The fraction of sp³-hybridized carbons (Fsp3) is 0.444. The summed E-state index contributed by atoms with van der Waals surface area (Å²) in [5.74, 6) is 0.0352. The molecule has 22 heavy (non-hydrogen) atoms. The number of rotatable bonds is 10. The Hall–Kier alpha value is -2.10. The van der Waals surface area contributed by atoms with Crippen LogP contribution < -0.4 is 10.6 Å². The zero-order valence-electron chi connectivity index (χ0n) is 13.3. The average Bonchev–Trinajstić information content (AvgIpc) is 2.52. The molecule has 0 saturated heterocycles. The van der Waals surface area contributed by atoms with Crippen LogP contribution in [0.4, 0.5) is 4.79 Å². The zero-order chi connectivity index (χ0) is 16.0. The van der Waals surface area contributed by atoms with Gasteiger partial charge in [-0.25, -0.2) is 4.79 Å². The van der Waals surface area contributed by atoms with E-state index in [1.54, 1.807) is 6.08 Å². The summed E-state index contributed by atoms with van der Waals surface area (Å²) < 4.78 is 0. The zero-order valence-corrected chi connectivity index (χ0v) is 13.3. The molecule has 0 bridgehead atoms. The minimum atomic E-state index is -0.184. The number of urea groups is 1. The second-order valence-electron chi connectivity index (χ2n) is 5.23. The van der Waals surface area contributed by atoms with Crippen molar-refractivity contribution in [3.8, 4) is 0 Å². The van der Waals surface area contributed by atoms with Crippen molar-refractivity contribution in [1.29, 1.82) is 0 Å². The van der Waals surface area contributed by atoms with Crippen molar-refractivity contribution in [2.45, 2.75) is 39.0 Å². The predicted octanol–water partition coefficient (Wildman–Crippen LogP) is 3.23. The summed E-state index contributed by atoms with van der Waals surface area (Å²) in [5, 5.41) is 5.50. The van der Waals surface area contributed by atoms with E-state index in [4.69, 9.17) is 0 Å². The molecule has 0 heterocycles. The number of unbranched alkanes of at least 4 members (excludes halogenated alkanes) is 3. The SMILES string of the molecule is CCCCCCNC(=O)NC/C=C\C(=O)Cc1ccccc1. The Kier molecular flexibility index (Phi) is 9.42. The largest absolute Gasteiger partial charge is 0.338 e. The van der Waals surface area contributed by atoms with Gasteiger partial charge in [-0.2, -0.15) is 0 Å². The molecule has 0 aliphatic rings. The molecule has 0 unspecified atom stereocenters. The maximum absolute atomic E-state index is 11.7. The van der Waals surface area contributed by atoms with Crippen LogP contribution in [-0.2, 0) is 11.2 Å². The predicted molar refractivity (Wildman–Crippen MR) is 89.8 cm³/mol. The third-order valence-corrected chi connectivity index (χ3v) is 3.22. The highest BCUT2D eigenvalue weighted by molar-refractivity contribution is 5.91. The molecule has 1 aromatic rings. The molecule has 2 amide bonds. The Morgan fingerprint density at radius 2 is 1.82 bits per heavy atom. The minimum Gasteiger partial charge on any atom is -0.338 e. The van der Waals surface area contributed by atoms with E-state index in [-0.39, 0.29) is 11.8 Å². The molecule has 1 aromatic carbocycles.